The van der Waals surface area contributed by atoms with Crippen LogP contribution in [0.4, 0.5) is 0 Å². The van der Waals surface area contributed by atoms with Crippen molar-refractivity contribution in [3.05, 3.63) is 0 Å². The van der Waals surface area contributed by atoms with Gasteiger partial charge in [-0.3, -0.25) is 4.79 Å². The van der Waals surface area contributed by atoms with Crippen LogP contribution in [0.15, 0.2) is 0 Å². The van der Waals surface area contributed by atoms with Crippen LogP contribution in [0.3, 0.4) is 0 Å². The number of nitrogens with two attached hydrogens (primary N) is 1. The molecule has 2 unspecified atom stereocenters. The smallest absolute Gasteiger partial charge is 0.225 e. The van der Waals surface area contributed by atoms with Crippen molar-refractivity contribution in [2.24, 2.45) is 11.7 Å². The SMILES string of the molecule is CC(N)CC(C)C(=O)N1CCCC1. The van der Waals surface area contributed by atoms with Gasteiger partial charge in [-0.15, -0.1) is 0 Å². The predicted molar refractivity (Wildman–Crippen MR) is 53.2 cm³/mol. The predicted octanol–water partition coefficient (Wildman–Crippen LogP) is 0.982. The van der Waals surface area contributed by atoms with Gasteiger partial charge in [0.05, 0.1) is 0 Å². The Labute approximate surface area is 80.3 Å². The molecule has 1 fully saturated rings. The van der Waals surface area contributed by atoms with Gasteiger partial charge in [0.15, 0.2) is 0 Å². The van der Waals surface area contributed by atoms with E-state index in [1.807, 2.05) is 18.7 Å². The standard InChI is InChI=1S/C10H20N2O/c1-8(7-9(2)11)10(13)12-5-3-4-6-12/h8-9H,3-7,11H2,1-2H3. The summed E-state index contributed by atoms with van der Waals surface area (Å²) in [4.78, 5) is 13.7. The van der Waals surface area contributed by atoms with E-state index in [1.165, 1.54) is 0 Å². The molecule has 0 aromatic heterocycles. The highest BCUT2D eigenvalue weighted by molar-refractivity contribution is 5.78. The zero-order valence-corrected chi connectivity index (χ0v) is 8.62. The van der Waals surface area contributed by atoms with Crippen molar-refractivity contribution in [3.63, 3.8) is 0 Å². The number of carbonyl (C=O) groups is 1. The quantitative estimate of drug-likeness (QED) is 0.710. The summed E-state index contributed by atoms with van der Waals surface area (Å²) < 4.78 is 0. The molecule has 2 atom stereocenters. The Morgan fingerprint density at radius 2 is 1.92 bits per heavy atom. The number of rotatable bonds is 3. The van der Waals surface area contributed by atoms with Gasteiger partial charge >= 0.3 is 0 Å². The van der Waals surface area contributed by atoms with Gasteiger partial charge < -0.3 is 10.6 Å². The van der Waals surface area contributed by atoms with E-state index in [4.69, 9.17) is 5.73 Å². The van der Waals surface area contributed by atoms with Gasteiger partial charge in [-0.25, -0.2) is 0 Å². The van der Waals surface area contributed by atoms with Crippen LogP contribution >= 0.6 is 0 Å². The van der Waals surface area contributed by atoms with Crippen LogP contribution in [0.25, 0.3) is 0 Å². The highest BCUT2D eigenvalue weighted by Crippen LogP contribution is 2.14. The molecule has 1 saturated heterocycles. The van der Waals surface area contributed by atoms with Gasteiger partial charge in [-0.05, 0) is 26.2 Å². The van der Waals surface area contributed by atoms with Crippen molar-refractivity contribution in [3.8, 4) is 0 Å². The second-order valence-electron chi connectivity index (χ2n) is 4.15. The maximum atomic E-state index is 11.8. The number of amides is 1. The van der Waals surface area contributed by atoms with Crippen LogP contribution in [0.5, 0.6) is 0 Å². The van der Waals surface area contributed by atoms with Crippen LogP contribution in [0.1, 0.15) is 33.1 Å². The number of likely N-dealkylation sites (tertiary alicyclic amines) is 1. The normalized spacial score (nSPS) is 21.6. The molecule has 0 bridgehead atoms. The molecule has 1 heterocycles. The zero-order chi connectivity index (χ0) is 9.84. The Kier molecular flexibility index (Phi) is 3.72. The Morgan fingerprint density at radius 1 is 1.38 bits per heavy atom. The average molecular weight is 184 g/mol. The molecule has 0 spiro atoms. The van der Waals surface area contributed by atoms with Crippen LogP contribution in [0, 0.1) is 5.92 Å². The molecule has 76 valence electrons. The Hall–Kier alpha value is -0.570. The number of hydrogen-bond donors (Lipinski definition) is 1. The lowest BCUT2D eigenvalue weighted by atomic mass is 10.0. The van der Waals surface area contributed by atoms with E-state index in [9.17, 15) is 4.79 Å². The van der Waals surface area contributed by atoms with Crippen LogP contribution in [-0.4, -0.2) is 29.9 Å². The molecule has 3 heteroatoms. The summed E-state index contributed by atoms with van der Waals surface area (Å²) in [6.07, 6.45) is 3.13. The van der Waals surface area contributed by atoms with Gasteiger partial charge in [0.25, 0.3) is 0 Å². The lowest BCUT2D eigenvalue weighted by Crippen LogP contribution is -2.35. The molecular formula is C10H20N2O. The first-order chi connectivity index (χ1) is 6.11. The van der Waals surface area contributed by atoms with Gasteiger partial charge in [-0.1, -0.05) is 6.92 Å². The number of nitrogens with zero attached hydrogens (tertiary/aromatic N) is 1. The molecule has 13 heavy (non-hydrogen) atoms. The van der Waals surface area contributed by atoms with Gasteiger partial charge in [0.2, 0.25) is 5.91 Å². The first-order valence-electron chi connectivity index (χ1n) is 5.15. The lowest BCUT2D eigenvalue weighted by Gasteiger charge is -2.21. The Morgan fingerprint density at radius 3 is 2.38 bits per heavy atom. The van der Waals surface area contributed by atoms with Crippen molar-refractivity contribution in [1.82, 2.24) is 4.90 Å². The third-order valence-corrected chi connectivity index (χ3v) is 2.56. The van der Waals surface area contributed by atoms with Gasteiger partial charge in [0.1, 0.15) is 0 Å². The maximum Gasteiger partial charge on any atom is 0.225 e. The topological polar surface area (TPSA) is 46.3 Å². The van der Waals surface area contributed by atoms with Crippen LogP contribution < -0.4 is 5.73 Å². The minimum atomic E-state index is 0.0955. The first-order valence-corrected chi connectivity index (χ1v) is 5.15. The van der Waals surface area contributed by atoms with E-state index in [-0.39, 0.29) is 17.9 Å². The molecule has 0 aliphatic carbocycles. The van der Waals surface area contributed by atoms with E-state index in [1.54, 1.807) is 0 Å². The molecule has 1 amide bonds. The molecule has 1 aliphatic rings. The fourth-order valence-electron chi connectivity index (χ4n) is 1.91. The van der Waals surface area contributed by atoms with Crippen molar-refractivity contribution < 1.29 is 4.79 Å². The lowest BCUT2D eigenvalue weighted by molar-refractivity contribution is -0.134. The van der Waals surface area contributed by atoms with Gasteiger partial charge in [0, 0.05) is 25.0 Å². The first kappa shape index (κ1) is 10.5. The minimum absolute atomic E-state index is 0.0955. The summed E-state index contributed by atoms with van der Waals surface area (Å²) in [6, 6.07) is 0.126. The monoisotopic (exact) mass is 184 g/mol. The maximum absolute atomic E-state index is 11.8. The van der Waals surface area contributed by atoms with E-state index >= 15 is 0 Å². The summed E-state index contributed by atoms with van der Waals surface area (Å²) in [5.74, 6) is 0.382. The van der Waals surface area contributed by atoms with Crippen molar-refractivity contribution in [2.75, 3.05) is 13.1 Å². The second kappa shape index (κ2) is 4.61. The van der Waals surface area contributed by atoms with Crippen LogP contribution in [-0.2, 0) is 4.79 Å². The molecule has 2 N–H and O–H groups in total. The highest BCUT2D eigenvalue weighted by atomic mass is 16.2. The Balaban J connectivity index is 2.36. The molecule has 0 aromatic carbocycles. The number of hydrogen-bond acceptors (Lipinski definition) is 2. The summed E-state index contributed by atoms with van der Waals surface area (Å²) in [5.41, 5.74) is 5.66. The minimum Gasteiger partial charge on any atom is -0.342 e. The molecule has 3 nitrogen and oxygen atoms in total. The Bertz CT molecular complexity index is 174. The molecule has 0 radical (unpaired) electrons. The third kappa shape index (κ3) is 2.99. The third-order valence-electron chi connectivity index (χ3n) is 2.56. The second-order valence-corrected chi connectivity index (χ2v) is 4.15. The van der Waals surface area contributed by atoms with Gasteiger partial charge in [-0.2, -0.15) is 0 Å². The zero-order valence-electron chi connectivity index (χ0n) is 8.62. The molecule has 0 saturated carbocycles. The van der Waals surface area contributed by atoms with Crippen molar-refractivity contribution in [1.29, 1.82) is 0 Å². The van der Waals surface area contributed by atoms with Crippen molar-refractivity contribution >= 4 is 5.91 Å². The van der Waals surface area contributed by atoms with Crippen LogP contribution in [0.2, 0.25) is 0 Å². The molecule has 1 aliphatic heterocycles. The number of carbonyl (C=O) groups excluding carboxylic acids is 1. The van der Waals surface area contributed by atoms with E-state index in [0.29, 0.717) is 0 Å². The molecule has 1 rings (SSSR count). The largest absolute Gasteiger partial charge is 0.342 e. The summed E-state index contributed by atoms with van der Waals surface area (Å²) in [7, 11) is 0. The fourth-order valence-corrected chi connectivity index (χ4v) is 1.91. The highest BCUT2D eigenvalue weighted by Gasteiger charge is 2.23. The summed E-state index contributed by atoms with van der Waals surface area (Å²) in [6.45, 7) is 5.82. The summed E-state index contributed by atoms with van der Waals surface area (Å²) in [5, 5.41) is 0. The summed E-state index contributed by atoms with van der Waals surface area (Å²) >= 11 is 0. The average Bonchev–Trinajstić information content (AvgIpc) is 2.53. The van der Waals surface area contributed by atoms with E-state index in [2.05, 4.69) is 0 Å². The van der Waals surface area contributed by atoms with Crippen molar-refractivity contribution in [2.45, 2.75) is 39.2 Å². The fraction of sp³-hybridized carbons (Fsp3) is 0.900. The molecular weight excluding hydrogens is 164 g/mol. The van der Waals surface area contributed by atoms with E-state index < -0.39 is 0 Å². The van der Waals surface area contributed by atoms with E-state index in [0.717, 1.165) is 32.4 Å². The molecule has 0 aromatic rings.